The Labute approximate surface area is 193 Å². The second-order valence-corrected chi connectivity index (χ2v) is 8.91. The fraction of sp³-hybridized carbons (Fsp3) is 0.458. The fourth-order valence-corrected chi connectivity index (χ4v) is 4.23. The van der Waals surface area contributed by atoms with Crippen molar-refractivity contribution in [3.63, 3.8) is 0 Å². The number of nitrogens with one attached hydrogen (secondary N) is 1. The van der Waals surface area contributed by atoms with Gasteiger partial charge in [-0.2, -0.15) is 0 Å². The molecule has 1 amide bonds. The maximum atomic E-state index is 12.5. The Morgan fingerprint density at radius 2 is 2.12 bits per heavy atom. The Morgan fingerprint density at radius 3 is 3.00 bits per heavy atom. The van der Waals surface area contributed by atoms with Crippen LogP contribution in [0.1, 0.15) is 30.4 Å². The summed E-state index contributed by atoms with van der Waals surface area (Å²) in [5.41, 5.74) is 1.000. The molecule has 0 aromatic heterocycles. The molecule has 2 heterocycles. The lowest BCUT2D eigenvalue weighted by Crippen LogP contribution is -2.40. The van der Waals surface area contributed by atoms with Crippen molar-refractivity contribution in [3.8, 4) is 17.2 Å². The number of fused-ring (bicyclic) bond motifs is 1. The first kappa shape index (κ1) is 22.7. The van der Waals surface area contributed by atoms with Crippen LogP contribution in [0.3, 0.4) is 0 Å². The predicted octanol–water partition coefficient (Wildman–Crippen LogP) is 3.29. The number of benzene rings is 2. The second kappa shape index (κ2) is 9.98. The van der Waals surface area contributed by atoms with Crippen molar-refractivity contribution in [2.75, 3.05) is 33.0 Å². The molecule has 2 aromatic rings. The minimum Gasteiger partial charge on any atom is -0.489 e. The van der Waals surface area contributed by atoms with Crippen molar-refractivity contribution in [1.82, 2.24) is 10.2 Å². The molecule has 2 aliphatic heterocycles. The first-order chi connectivity index (χ1) is 15.4. The van der Waals surface area contributed by atoms with Crippen molar-refractivity contribution < 1.29 is 24.1 Å². The van der Waals surface area contributed by atoms with Crippen LogP contribution < -0.4 is 19.5 Å². The van der Waals surface area contributed by atoms with E-state index in [1.807, 2.05) is 37.3 Å². The van der Waals surface area contributed by atoms with Gasteiger partial charge in [0.1, 0.15) is 12.4 Å². The fourth-order valence-electron chi connectivity index (χ4n) is 4.05. The lowest BCUT2D eigenvalue weighted by molar-refractivity contribution is -0.122. The molecule has 7 nitrogen and oxygen atoms in total. The monoisotopic (exact) mass is 460 g/mol. The molecule has 1 saturated heterocycles. The standard InChI is InChI=1S/C24H29ClN2O5/c1-17-6-7-19(25)21(12-17)30-15-24(29)8-3-10-27(11-9-24)14-22(28)26-13-18-4-2-5-20-23(18)32-16-31-20/h2,4-7,12,29H,3,8-11,13-16H2,1H3,(H,26,28)/t24-/m0/s1. The zero-order valence-corrected chi connectivity index (χ0v) is 19.0. The van der Waals surface area contributed by atoms with Crippen molar-refractivity contribution in [1.29, 1.82) is 0 Å². The highest BCUT2D eigenvalue weighted by atomic mass is 35.5. The van der Waals surface area contributed by atoms with Crippen molar-refractivity contribution in [2.45, 2.75) is 38.3 Å². The van der Waals surface area contributed by atoms with Gasteiger partial charge in [0, 0.05) is 18.7 Å². The first-order valence-corrected chi connectivity index (χ1v) is 11.3. The van der Waals surface area contributed by atoms with Crippen LogP contribution >= 0.6 is 11.6 Å². The summed E-state index contributed by atoms with van der Waals surface area (Å²) in [6.45, 7) is 4.39. The Bertz CT molecular complexity index is 969. The van der Waals surface area contributed by atoms with Crippen LogP contribution in [0, 0.1) is 6.92 Å². The van der Waals surface area contributed by atoms with Gasteiger partial charge in [0.2, 0.25) is 12.7 Å². The molecule has 4 rings (SSSR count). The number of carbonyl (C=O) groups is 1. The van der Waals surface area contributed by atoms with Crippen molar-refractivity contribution in [2.24, 2.45) is 0 Å². The summed E-state index contributed by atoms with van der Waals surface area (Å²) in [6.07, 6.45) is 1.93. The lowest BCUT2D eigenvalue weighted by atomic mass is 9.96. The molecule has 172 valence electrons. The maximum absolute atomic E-state index is 12.5. The molecule has 0 unspecified atom stereocenters. The van der Waals surface area contributed by atoms with E-state index in [0.717, 1.165) is 24.1 Å². The zero-order valence-electron chi connectivity index (χ0n) is 18.2. The maximum Gasteiger partial charge on any atom is 0.234 e. The molecule has 0 saturated carbocycles. The summed E-state index contributed by atoms with van der Waals surface area (Å²) in [6, 6.07) is 11.2. The average molecular weight is 461 g/mol. The molecule has 1 fully saturated rings. The summed E-state index contributed by atoms with van der Waals surface area (Å²) < 4.78 is 16.7. The van der Waals surface area contributed by atoms with Crippen molar-refractivity contribution in [3.05, 3.63) is 52.5 Å². The minimum atomic E-state index is -0.944. The van der Waals surface area contributed by atoms with E-state index in [1.54, 1.807) is 6.07 Å². The molecule has 0 bridgehead atoms. The third-order valence-corrected chi connectivity index (χ3v) is 6.23. The first-order valence-electron chi connectivity index (χ1n) is 10.9. The van der Waals surface area contributed by atoms with E-state index in [0.29, 0.717) is 48.2 Å². The third-order valence-electron chi connectivity index (χ3n) is 5.91. The zero-order chi connectivity index (χ0) is 22.6. The summed E-state index contributed by atoms with van der Waals surface area (Å²) in [4.78, 5) is 14.6. The molecule has 0 radical (unpaired) electrons. The van der Waals surface area contributed by atoms with Gasteiger partial charge in [-0.05, 0) is 56.5 Å². The van der Waals surface area contributed by atoms with Gasteiger partial charge in [0.15, 0.2) is 11.5 Å². The number of carbonyl (C=O) groups excluding carboxylic acids is 1. The number of aliphatic hydroxyl groups is 1. The summed E-state index contributed by atoms with van der Waals surface area (Å²) in [7, 11) is 0. The van der Waals surface area contributed by atoms with Gasteiger partial charge in [0.05, 0.1) is 17.2 Å². The number of likely N-dealkylation sites (tertiary alicyclic amines) is 1. The number of halogens is 1. The molecule has 32 heavy (non-hydrogen) atoms. The van der Waals surface area contributed by atoms with Crippen LogP contribution in [-0.4, -0.2) is 54.5 Å². The van der Waals surface area contributed by atoms with Gasteiger partial charge in [-0.1, -0.05) is 29.8 Å². The van der Waals surface area contributed by atoms with E-state index in [9.17, 15) is 9.90 Å². The second-order valence-electron chi connectivity index (χ2n) is 8.50. The van der Waals surface area contributed by atoms with Gasteiger partial charge in [-0.15, -0.1) is 0 Å². The van der Waals surface area contributed by atoms with E-state index >= 15 is 0 Å². The van der Waals surface area contributed by atoms with Crippen LogP contribution in [0.25, 0.3) is 0 Å². The normalized spacial score (nSPS) is 20.6. The molecule has 0 spiro atoms. The van der Waals surface area contributed by atoms with Crippen LogP contribution in [0.4, 0.5) is 0 Å². The van der Waals surface area contributed by atoms with Crippen LogP contribution in [0.15, 0.2) is 36.4 Å². The van der Waals surface area contributed by atoms with Gasteiger partial charge in [-0.3, -0.25) is 9.69 Å². The number of ether oxygens (including phenoxy) is 3. The molecular formula is C24H29ClN2O5. The molecular weight excluding hydrogens is 432 g/mol. The summed E-state index contributed by atoms with van der Waals surface area (Å²) >= 11 is 6.20. The number of rotatable bonds is 7. The number of amides is 1. The SMILES string of the molecule is Cc1ccc(Cl)c(OC[C@]2(O)CCCN(CC(=O)NCc3cccc4c3OCO4)CC2)c1. The highest BCUT2D eigenvalue weighted by Crippen LogP contribution is 2.35. The van der Waals surface area contributed by atoms with Crippen LogP contribution in [-0.2, 0) is 11.3 Å². The molecule has 2 aromatic carbocycles. The summed E-state index contributed by atoms with van der Waals surface area (Å²) in [5, 5.41) is 14.5. The van der Waals surface area contributed by atoms with E-state index in [2.05, 4.69) is 10.2 Å². The average Bonchev–Trinajstić information content (AvgIpc) is 3.19. The van der Waals surface area contributed by atoms with Crippen molar-refractivity contribution >= 4 is 17.5 Å². The Balaban J connectivity index is 1.25. The quantitative estimate of drug-likeness (QED) is 0.660. The third kappa shape index (κ3) is 5.65. The number of para-hydroxylation sites is 1. The van der Waals surface area contributed by atoms with Gasteiger partial charge in [0.25, 0.3) is 0 Å². The number of hydrogen-bond acceptors (Lipinski definition) is 6. The van der Waals surface area contributed by atoms with Crippen LogP contribution in [0.2, 0.25) is 5.02 Å². The van der Waals surface area contributed by atoms with Gasteiger partial charge >= 0.3 is 0 Å². The van der Waals surface area contributed by atoms with E-state index in [-0.39, 0.29) is 25.9 Å². The largest absolute Gasteiger partial charge is 0.489 e. The van der Waals surface area contributed by atoms with Crippen LogP contribution in [0.5, 0.6) is 17.2 Å². The highest BCUT2D eigenvalue weighted by molar-refractivity contribution is 6.32. The number of aryl methyl sites for hydroxylation is 1. The molecule has 1 atom stereocenters. The smallest absolute Gasteiger partial charge is 0.234 e. The van der Waals surface area contributed by atoms with Gasteiger partial charge < -0.3 is 24.6 Å². The van der Waals surface area contributed by atoms with E-state index in [1.165, 1.54) is 0 Å². The molecule has 0 aliphatic carbocycles. The minimum absolute atomic E-state index is 0.0604. The number of nitrogens with zero attached hydrogens (tertiary/aromatic N) is 1. The number of hydrogen-bond donors (Lipinski definition) is 2. The van der Waals surface area contributed by atoms with Gasteiger partial charge in [-0.25, -0.2) is 0 Å². The summed E-state index contributed by atoms with van der Waals surface area (Å²) in [5.74, 6) is 1.93. The van der Waals surface area contributed by atoms with E-state index in [4.69, 9.17) is 25.8 Å². The highest BCUT2D eigenvalue weighted by Gasteiger charge is 2.32. The lowest BCUT2D eigenvalue weighted by Gasteiger charge is -2.27. The molecule has 2 aliphatic rings. The Hall–Kier alpha value is -2.48. The molecule has 8 heteroatoms. The Morgan fingerprint density at radius 1 is 1.25 bits per heavy atom. The predicted molar refractivity (Wildman–Crippen MR) is 121 cm³/mol. The Kier molecular flexibility index (Phi) is 7.08. The van der Waals surface area contributed by atoms with E-state index < -0.39 is 5.60 Å². The molecule has 2 N–H and O–H groups in total. The topological polar surface area (TPSA) is 80.3 Å².